The Balaban J connectivity index is 2.31. The third kappa shape index (κ3) is 3.80. The first kappa shape index (κ1) is 12.5. The van der Waals surface area contributed by atoms with Crippen LogP contribution in [0.15, 0.2) is 0 Å². The number of carbonyl (C=O) groups excluding carboxylic acids is 1. The van der Waals surface area contributed by atoms with Gasteiger partial charge in [-0.05, 0) is 26.7 Å². The number of nitrogens with one attached hydrogen (secondary N) is 1. The Labute approximate surface area is 92.0 Å². The van der Waals surface area contributed by atoms with Crippen LogP contribution in [0, 0.1) is 0 Å². The van der Waals surface area contributed by atoms with E-state index in [0.717, 1.165) is 25.9 Å². The predicted molar refractivity (Wildman–Crippen MR) is 59.7 cm³/mol. The largest absolute Gasteiger partial charge is 0.383 e. The van der Waals surface area contributed by atoms with Crippen LogP contribution < -0.4 is 5.32 Å². The number of rotatable bonds is 5. The van der Waals surface area contributed by atoms with Gasteiger partial charge >= 0.3 is 0 Å². The Morgan fingerprint density at radius 2 is 2.00 bits per heavy atom. The van der Waals surface area contributed by atoms with Crippen molar-refractivity contribution in [3.05, 3.63) is 0 Å². The molecule has 0 aromatic carbocycles. The molecule has 1 heterocycles. The average Bonchev–Trinajstić information content (AvgIpc) is 2.69. The fourth-order valence-corrected chi connectivity index (χ4v) is 2.01. The zero-order valence-electron chi connectivity index (χ0n) is 9.95. The molecule has 0 aliphatic carbocycles. The molecule has 0 radical (unpaired) electrons. The van der Waals surface area contributed by atoms with E-state index < -0.39 is 0 Å². The van der Waals surface area contributed by atoms with E-state index in [4.69, 9.17) is 4.74 Å². The number of methoxy groups -OCH3 is 1. The summed E-state index contributed by atoms with van der Waals surface area (Å²) in [6.45, 7) is 6.43. The van der Waals surface area contributed by atoms with Gasteiger partial charge in [0.2, 0.25) is 5.91 Å². The summed E-state index contributed by atoms with van der Waals surface area (Å²) in [5.41, 5.74) is 0. The van der Waals surface area contributed by atoms with Crippen LogP contribution >= 0.6 is 0 Å². The Bertz CT molecular complexity index is 203. The molecule has 0 aromatic heterocycles. The van der Waals surface area contributed by atoms with Crippen LogP contribution in [0.4, 0.5) is 0 Å². The second-order valence-electron chi connectivity index (χ2n) is 4.28. The second kappa shape index (κ2) is 6.08. The van der Waals surface area contributed by atoms with Gasteiger partial charge in [-0.2, -0.15) is 0 Å². The molecule has 2 atom stereocenters. The van der Waals surface area contributed by atoms with Crippen LogP contribution in [0.1, 0.15) is 26.7 Å². The molecule has 2 unspecified atom stereocenters. The number of hydrogen-bond acceptors (Lipinski definition) is 3. The van der Waals surface area contributed by atoms with Gasteiger partial charge in [-0.25, -0.2) is 0 Å². The molecule has 1 amide bonds. The highest BCUT2D eigenvalue weighted by Crippen LogP contribution is 2.09. The van der Waals surface area contributed by atoms with E-state index in [9.17, 15) is 4.79 Å². The molecule has 1 N–H and O–H groups in total. The SMILES string of the molecule is COCC(C)NC(C)C(=O)N1CCCC1. The zero-order valence-corrected chi connectivity index (χ0v) is 9.95. The molecule has 4 nitrogen and oxygen atoms in total. The van der Waals surface area contributed by atoms with Gasteiger partial charge in [0.15, 0.2) is 0 Å². The summed E-state index contributed by atoms with van der Waals surface area (Å²) in [5.74, 6) is 0.218. The number of amides is 1. The van der Waals surface area contributed by atoms with Crippen molar-refractivity contribution in [3.63, 3.8) is 0 Å². The van der Waals surface area contributed by atoms with Gasteiger partial charge < -0.3 is 15.0 Å². The first-order valence-corrected chi connectivity index (χ1v) is 5.69. The molecule has 4 heteroatoms. The summed E-state index contributed by atoms with van der Waals surface area (Å²) < 4.78 is 5.02. The van der Waals surface area contributed by atoms with Gasteiger partial charge in [-0.3, -0.25) is 4.79 Å². The predicted octanol–water partition coefficient (Wildman–Crippen LogP) is 0.622. The van der Waals surface area contributed by atoms with E-state index in [1.54, 1.807) is 7.11 Å². The topological polar surface area (TPSA) is 41.6 Å². The summed E-state index contributed by atoms with van der Waals surface area (Å²) in [5, 5.41) is 3.24. The molecule has 1 aliphatic heterocycles. The van der Waals surface area contributed by atoms with Gasteiger partial charge in [-0.15, -0.1) is 0 Å². The Hall–Kier alpha value is -0.610. The summed E-state index contributed by atoms with van der Waals surface area (Å²) in [6.07, 6.45) is 2.29. The number of likely N-dealkylation sites (tertiary alicyclic amines) is 1. The fraction of sp³-hybridized carbons (Fsp3) is 0.909. The lowest BCUT2D eigenvalue weighted by Gasteiger charge is -2.23. The van der Waals surface area contributed by atoms with E-state index in [1.807, 2.05) is 18.7 Å². The van der Waals surface area contributed by atoms with Crippen LogP contribution in [0.5, 0.6) is 0 Å². The highest BCUT2D eigenvalue weighted by atomic mass is 16.5. The molecule has 0 spiro atoms. The highest BCUT2D eigenvalue weighted by molar-refractivity contribution is 5.81. The Morgan fingerprint density at radius 3 is 2.53 bits per heavy atom. The van der Waals surface area contributed by atoms with Crippen molar-refractivity contribution in [2.24, 2.45) is 0 Å². The van der Waals surface area contributed by atoms with Gasteiger partial charge in [0, 0.05) is 26.2 Å². The van der Waals surface area contributed by atoms with Gasteiger partial charge in [0.1, 0.15) is 0 Å². The molecule has 0 bridgehead atoms. The van der Waals surface area contributed by atoms with Gasteiger partial charge in [0.25, 0.3) is 0 Å². The fourth-order valence-electron chi connectivity index (χ4n) is 2.01. The first-order chi connectivity index (χ1) is 7.15. The van der Waals surface area contributed by atoms with E-state index in [2.05, 4.69) is 5.32 Å². The Kier molecular flexibility index (Phi) is 5.05. The van der Waals surface area contributed by atoms with Crippen molar-refractivity contribution < 1.29 is 9.53 Å². The molecule has 0 aromatic rings. The highest BCUT2D eigenvalue weighted by Gasteiger charge is 2.23. The van der Waals surface area contributed by atoms with Crippen molar-refractivity contribution in [2.75, 3.05) is 26.8 Å². The lowest BCUT2D eigenvalue weighted by Crippen LogP contribution is -2.47. The first-order valence-electron chi connectivity index (χ1n) is 5.69. The van der Waals surface area contributed by atoms with Crippen LogP contribution in [0.2, 0.25) is 0 Å². The molecule has 1 saturated heterocycles. The van der Waals surface area contributed by atoms with E-state index in [0.29, 0.717) is 6.61 Å². The Morgan fingerprint density at radius 1 is 1.40 bits per heavy atom. The van der Waals surface area contributed by atoms with Crippen molar-refractivity contribution in [3.8, 4) is 0 Å². The molecule has 1 aliphatic rings. The number of ether oxygens (including phenoxy) is 1. The normalized spacial score (nSPS) is 20.3. The third-order valence-electron chi connectivity index (χ3n) is 2.74. The minimum atomic E-state index is -0.103. The van der Waals surface area contributed by atoms with Crippen molar-refractivity contribution in [1.29, 1.82) is 0 Å². The molecule has 15 heavy (non-hydrogen) atoms. The van der Waals surface area contributed by atoms with Crippen molar-refractivity contribution >= 4 is 5.91 Å². The standard InChI is InChI=1S/C11H22N2O2/c1-9(8-15-3)12-10(2)11(14)13-6-4-5-7-13/h9-10,12H,4-8H2,1-3H3. The maximum absolute atomic E-state index is 11.9. The van der Waals surface area contributed by atoms with Gasteiger partial charge in [0.05, 0.1) is 12.6 Å². The maximum Gasteiger partial charge on any atom is 0.239 e. The molecule has 1 rings (SSSR count). The van der Waals surface area contributed by atoms with Gasteiger partial charge in [-0.1, -0.05) is 0 Å². The minimum absolute atomic E-state index is 0.103. The summed E-state index contributed by atoms with van der Waals surface area (Å²) in [6, 6.07) is 0.116. The monoisotopic (exact) mass is 214 g/mol. The minimum Gasteiger partial charge on any atom is -0.383 e. The van der Waals surface area contributed by atoms with Crippen LogP contribution in [0.25, 0.3) is 0 Å². The van der Waals surface area contributed by atoms with Crippen LogP contribution in [0.3, 0.4) is 0 Å². The molecular weight excluding hydrogens is 192 g/mol. The molecule has 1 fully saturated rings. The maximum atomic E-state index is 11.9. The molecule has 0 saturated carbocycles. The van der Waals surface area contributed by atoms with E-state index >= 15 is 0 Å². The number of hydrogen-bond donors (Lipinski definition) is 1. The quantitative estimate of drug-likeness (QED) is 0.729. The van der Waals surface area contributed by atoms with Crippen LogP contribution in [-0.4, -0.2) is 49.7 Å². The zero-order chi connectivity index (χ0) is 11.3. The lowest BCUT2D eigenvalue weighted by atomic mass is 10.2. The number of nitrogens with zero attached hydrogens (tertiary/aromatic N) is 1. The summed E-state index contributed by atoms with van der Waals surface area (Å²) in [4.78, 5) is 13.8. The van der Waals surface area contributed by atoms with Crippen molar-refractivity contribution in [1.82, 2.24) is 10.2 Å². The summed E-state index contributed by atoms with van der Waals surface area (Å²) in [7, 11) is 1.67. The lowest BCUT2D eigenvalue weighted by molar-refractivity contribution is -0.132. The molecular formula is C11H22N2O2. The van der Waals surface area contributed by atoms with E-state index in [-0.39, 0.29) is 18.0 Å². The second-order valence-corrected chi connectivity index (χ2v) is 4.28. The smallest absolute Gasteiger partial charge is 0.239 e. The average molecular weight is 214 g/mol. The summed E-state index contributed by atoms with van der Waals surface area (Å²) >= 11 is 0. The number of carbonyl (C=O) groups is 1. The third-order valence-corrected chi connectivity index (χ3v) is 2.74. The molecule has 88 valence electrons. The van der Waals surface area contributed by atoms with Crippen molar-refractivity contribution in [2.45, 2.75) is 38.8 Å². The van der Waals surface area contributed by atoms with Crippen LogP contribution in [-0.2, 0) is 9.53 Å². The van der Waals surface area contributed by atoms with E-state index in [1.165, 1.54) is 0 Å².